The Morgan fingerprint density at radius 2 is 1.71 bits per heavy atom. The van der Waals surface area contributed by atoms with E-state index in [2.05, 4.69) is 0 Å². The minimum absolute atomic E-state index is 0.193. The highest BCUT2D eigenvalue weighted by atomic mass is 35.5. The van der Waals surface area contributed by atoms with E-state index in [-0.39, 0.29) is 5.57 Å². The van der Waals surface area contributed by atoms with Crippen LogP contribution in [-0.4, -0.2) is 0 Å². The van der Waals surface area contributed by atoms with Gasteiger partial charge in [0.25, 0.3) is 0 Å². The first-order chi connectivity index (χ1) is 3.35. The Balaban J connectivity index is 4.03. The first-order valence-electron chi connectivity index (χ1n) is 1.39. The average Bonchev–Trinajstić information content (AvgIpc) is 1.72. The van der Waals surface area contributed by atoms with Crippen LogP contribution in [0.2, 0.25) is 0 Å². The molecule has 1 radical (unpaired) electrons. The molecule has 0 unspecified atom stereocenters. The first-order valence-corrected chi connectivity index (χ1v) is 1.76. The van der Waals surface area contributed by atoms with Gasteiger partial charge in [-0.25, -0.2) is 0 Å². The zero-order valence-electron chi connectivity index (χ0n) is 3.27. The maximum Gasteiger partial charge on any atom is 0.149 e. The van der Waals surface area contributed by atoms with Gasteiger partial charge in [-0.05, 0) is 0 Å². The summed E-state index contributed by atoms with van der Waals surface area (Å²) >= 11 is 4.84. The number of hydrogen-bond acceptors (Lipinski definition) is 2. The third-order valence-corrected chi connectivity index (χ3v) is 0.507. The molecule has 0 bridgehead atoms. The van der Waals surface area contributed by atoms with Gasteiger partial charge in [0.05, 0.1) is 5.54 Å². The Hall–Kier alpha value is -0.990. The van der Waals surface area contributed by atoms with E-state index in [1.165, 1.54) is 12.1 Å². The van der Waals surface area contributed by atoms with Gasteiger partial charge in [0, 0.05) is 0 Å². The highest BCUT2D eigenvalue weighted by Crippen LogP contribution is 1.87. The van der Waals surface area contributed by atoms with Gasteiger partial charge in [-0.3, -0.25) is 0 Å². The summed E-state index contributed by atoms with van der Waals surface area (Å²) in [5.74, 6) is 0. The minimum atomic E-state index is -0.193. The number of allylic oxidation sites excluding steroid dienone is 1. The summed E-state index contributed by atoms with van der Waals surface area (Å²) < 4.78 is 0. The zero-order valence-corrected chi connectivity index (χ0v) is 4.03. The fourth-order valence-electron chi connectivity index (χ4n) is 0.0673. The highest BCUT2D eigenvalue weighted by Gasteiger charge is 1.84. The molecule has 0 rings (SSSR count). The largest absolute Gasteiger partial charge is 0.192 e. The molecular weight excluding hydrogens is 112 g/mol. The van der Waals surface area contributed by atoms with Gasteiger partial charge < -0.3 is 0 Å². The molecule has 0 spiro atoms. The Morgan fingerprint density at radius 1 is 1.29 bits per heavy atom. The van der Waals surface area contributed by atoms with E-state index in [9.17, 15) is 0 Å². The third kappa shape index (κ3) is 1.81. The Morgan fingerprint density at radius 3 is 1.71 bits per heavy atom. The normalized spacial score (nSPS) is 5.57. The number of nitrogens with zero attached hydrogens (tertiary/aromatic N) is 2. The monoisotopic (exact) mass is 111 g/mol. The van der Waals surface area contributed by atoms with Crippen molar-refractivity contribution in [2.45, 2.75) is 0 Å². The Kier molecular flexibility index (Phi) is 2.76. The lowest BCUT2D eigenvalue weighted by Gasteiger charge is -1.63. The molecule has 2 nitrogen and oxygen atoms in total. The molecule has 0 fully saturated rings. The molecule has 0 atom stereocenters. The lowest BCUT2D eigenvalue weighted by atomic mass is 10.4. The van der Waals surface area contributed by atoms with Gasteiger partial charge in [-0.2, -0.15) is 10.5 Å². The molecule has 3 heteroatoms. The predicted molar refractivity (Wildman–Crippen MR) is 23.8 cm³/mol. The van der Waals surface area contributed by atoms with Gasteiger partial charge in [0.15, 0.2) is 0 Å². The van der Waals surface area contributed by atoms with Crippen molar-refractivity contribution in [2.75, 3.05) is 0 Å². The van der Waals surface area contributed by atoms with Crippen LogP contribution >= 0.6 is 11.6 Å². The van der Waals surface area contributed by atoms with Crippen molar-refractivity contribution in [3.63, 3.8) is 0 Å². The van der Waals surface area contributed by atoms with Crippen LogP contribution < -0.4 is 0 Å². The van der Waals surface area contributed by atoms with Crippen molar-refractivity contribution in [3.05, 3.63) is 11.1 Å². The van der Waals surface area contributed by atoms with E-state index in [4.69, 9.17) is 22.1 Å². The van der Waals surface area contributed by atoms with E-state index in [1.54, 1.807) is 0 Å². The third-order valence-electron chi connectivity index (χ3n) is 0.318. The second-order valence-corrected chi connectivity index (χ2v) is 0.882. The number of nitriles is 2. The van der Waals surface area contributed by atoms with E-state index in [0.29, 0.717) is 0 Å². The van der Waals surface area contributed by atoms with Crippen LogP contribution in [0.25, 0.3) is 0 Å². The summed E-state index contributed by atoms with van der Waals surface area (Å²) in [5.41, 5.74) is 1.68. The molecule has 0 aromatic carbocycles. The van der Waals surface area contributed by atoms with Gasteiger partial charge in [0.1, 0.15) is 17.7 Å². The fourth-order valence-corrected chi connectivity index (χ4v) is 0.152. The topological polar surface area (TPSA) is 47.6 Å². The molecule has 0 aliphatic rings. The van der Waals surface area contributed by atoms with Gasteiger partial charge in [-0.1, -0.05) is 11.6 Å². The maximum absolute atomic E-state index is 7.87. The van der Waals surface area contributed by atoms with E-state index >= 15 is 0 Å². The standard InChI is InChI=1S/C4ClN2/c5-1-4(2-6)3-7. The van der Waals surface area contributed by atoms with Crippen molar-refractivity contribution in [3.8, 4) is 12.1 Å². The summed E-state index contributed by atoms with van der Waals surface area (Å²) in [6.07, 6.45) is 0. The number of halogens is 1. The van der Waals surface area contributed by atoms with Gasteiger partial charge in [-0.15, -0.1) is 0 Å². The summed E-state index contributed by atoms with van der Waals surface area (Å²) in [4.78, 5) is 0. The molecule has 33 valence electrons. The molecule has 0 saturated carbocycles. The molecule has 7 heavy (non-hydrogen) atoms. The van der Waals surface area contributed by atoms with E-state index < -0.39 is 0 Å². The highest BCUT2D eigenvalue weighted by molar-refractivity contribution is 6.22. The molecule has 0 aromatic heterocycles. The van der Waals surface area contributed by atoms with Crippen LogP contribution in [0.15, 0.2) is 5.57 Å². The fraction of sp³-hybridized carbons (Fsp3) is 0. The van der Waals surface area contributed by atoms with Crippen LogP contribution in [0.4, 0.5) is 0 Å². The second kappa shape index (κ2) is 3.21. The summed E-state index contributed by atoms with van der Waals surface area (Å²) in [6, 6.07) is 3.03. The molecule has 0 aromatic rings. The van der Waals surface area contributed by atoms with Crippen molar-refractivity contribution >= 4 is 11.6 Å². The van der Waals surface area contributed by atoms with Crippen molar-refractivity contribution in [1.82, 2.24) is 0 Å². The first kappa shape index (κ1) is 6.01. The molecule has 0 amide bonds. The van der Waals surface area contributed by atoms with E-state index in [1.807, 2.05) is 5.54 Å². The lowest BCUT2D eigenvalue weighted by molar-refractivity contribution is 1.46. The molecule has 0 aliphatic heterocycles. The summed E-state index contributed by atoms with van der Waals surface area (Å²) in [5, 5.41) is 15.7. The Bertz CT molecular complexity index is 142. The van der Waals surface area contributed by atoms with Crippen LogP contribution in [0.3, 0.4) is 0 Å². The van der Waals surface area contributed by atoms with Crippen LogP contribution in [0.5, 0.6) is 0 Å². The molecule has 0 aliphatic carbocycles. The van der Waals surface area contributed by atoms with Gasteiger partial charge in [0.2, 0.25) is 0 Å². The Labute approximate surface area is 46.2 Å². The molecule has 0 N–H and O–H groups in total. The van der Waals surface area contributed by atoms with E-state index in [0.717, 1.165) is 0 Å². The number of hydrogen-bond donors (Lipinski definition) is 0. The SMILES string of the molecule is N#CC(=[C]Cl)C#N. The zero-order chi connectivity index (χ0) is 5.70. The minimum Gasteiger partial charge on any atom is -0.192 e. The lowest BCUT2D eigenvalue weighted by Crippen LogP contribution is -1.63. The smallest absolute Gasteiger partial charge is 0.149 e. The summed E-state index contributed by atoms with van der Waals surface area (Å²) in [6.45, 7) is 0. The summed E-state index contributed by atoms with van der Waals surface area (Å²) in [7, 11) is 0. The molecule has 0 heterocycles. The second-order valence-electron chi connectivity index (χ2n) is 0.693. The van der Waals surface area contributed by atoms with Crippen LogP contribution in [0, 0.1) is 28.2 Å². The molecular formula is C4ClN2. The van der Waals surface area contributed by atoms with Crippen molar-refractivity contribution < 1.29 is 0 Å². The number of rotatable bonds is 0. The quantitative estimate of drug-likeness (QED) is 0.437. The average molecular weight is 112 g/mol. The van der Waals surface area contributed by atoms with Crippen LogP contribution in [-0.2, 0) is 0 Å². The molecule has 0 saturated heterocycles. The predicted octanol–water partition coefficient (Wildman–Crippen LogP) is 0.959. The van der Waals surface area contributed by atoms with Crippen molar-refractivity contribution in [2.24, 2.45) is 0 Å². The van der Waals surface area contributed by atoms with Crippen LogP contribution in [0.1, 0.15) is 0 Å². The van der Waals surface area contributed by atoms with Gasteiger partial charge >= 0.3 is 0 Å². The maximum atomic E-state index is 7.87. The van der Waals surface area contributed by atoms with Crippen molar-refractivity contribution in [1.29, 1.82) is 10.5 Å².